The summed E-state index contributed by atoms with van der Waals surface area (Å²) in [5.74, 6) is -1.28. The largest absolute Gasteiger partial charge is 0.496 e. The third-order valence-corrected chi connectivity index (χ3v) is 11.7. The number of hydrogen-bond donors (Lipinski definition) is 1. The van der Waals surface area contributed by atoms with Crippen molar-refractivity contribution in [2.24, 2.45) is 5.92 Å². The highest BCUT2D eigenvalue weighted by Crippen LogP contribution is 2.41. The number of carboxylic acid groups (broad SMARTS) is 1. The molecule has 0 radical (unpaired) electrons. The average Bonchev–Trinajstić information content (AvgIpc) is 3.41. The Balaban J connectivity index is 1.49. The number of hydrogen-bond acceptors (Lipinski definition) is 6. The van der Waals surface area contributed by atoms with Gasteiger partial charge >= 0.3 is 6.09 Å². The third-order valence-electron chi connectivity index (χ3n) is 9.21. The Bertz CT molecular complexity index is 2000. The molecule has 1 fully saturated rings. The Morgan fingerprint density at radius 3 is 2.16 bits per heavy atom. The second-order valence-electron chi connectivity index (χ2n) is 13.9. The predicted molar refractivity (Wildman–Crippen MR) is 194 cm³/mol. The summed E-state index contributed by atoms with van der Waals surface area (Å²) in [5.41, 5.74) is 2.45. The smallest absolute Gasteiger partial charge is 0.407 e. The van der Waals surface area contributed by atoms with Crippen LogP contribution in [-0.2, 0) is 22.1 Å². The Hall–Kier alpha value is -3.74. The first-order valence-electron chi connectivity index (χ1n) is 16.3. The first-order valence-corrected chi connectivity index (χ1v) is 19.5. The maximum Gasteiger partial charge on any atom is 0.407 e. The SMILES string of the molecule is COc1ccc(-c2ccc(CS(C)(=O)=O)cc2)cc1CN(C(=O)c1sc2c(F)ccc(F)c2c1Cl)C1CCC(CN(C(=O)O)C(C)(C)C)CC1. The third kappa shape index (κ3) is 8.41. The molecule has 0 unspecified atom stereocenters. The highest BCUT2D eigenvalue weighted by atomic mass is 35.5. The van der Waals surface area contributed by atoms with Gasteiger partial charge in [-0.15, -0.1) is 11.3 Å². The zero-order chi connectivity index (χ0) is 36.5. The van der Waals surface area contributed by atoms with E-state index in [-0.39, 0.29) is 44.2 Å². The quantitative estimate of drug-likeness (QED) is 0.174. The minimum atomic E-state index is -3.20. The fourth-order valence-electron chi connectivity index (χ4n) is 6.63. The van der Waals surface area contributed by atoms with E-state index in [1.165, 1.54) is 18.3 Å². The van der Waals surface area contributed by atoms with Crippen molar-refractivity contribution in [2.45, 2.75) is 70.3 Å². The van der Waals surface area contributed by atoms with Crippen molar-refractivity contribution in [2.75, 3.05) is 19.9 Å². The highest BCUT2D eigenvalue weighted by Gasteiger charge is 2.35. The molecular formula is C37H41ClF2N2O6S2. The van der Waals surface area contributed by atoms with Gasteiger partial charge in [0.1, 0.15) is 22.3 Å². The molecule has 1 aliphatic rings. The van der Waals surface area contributed by atoms with Crippen LogP contribution >= 0.6 is 22.9 Å². The van der Waals surface area contributed by atoms with Crippen LogP contribution in [0.15, 0.2) is 54.6 Å². The van der Waals surface area contributed by atoms with Gasteiger partial charge < -0.3 is 19.6 Å². The Kier molecular flexibility index (Phi) is 11.1. The molecule has 4 aromatic rings. The van der Waals surface area contributed by atoms with Crippen molar-refractivity contribution >= 4 is 54.9 Å². The molecule has 8 nitrogen and oxygen atoms in total. The molecule has 0 spiro atoms. The molecule has 13 heteroatoms. The second-order valence-corrected chi connectivity index (χ2v) is 17.5. The number of nitrogens with zero attached hydrogens (tertiary/aromatic N) is 2. The first kappa shape index (κ1) is 37.5. The van der Waals surface area contributed by atoms with Gasteiger partial charge in [0.2, 0.25) is 0 Å². The number of ether oxygens (including phenoxy) is 1. The summed E-state index contributed by atoms with van der Waals surface area (Å²) in [6.07, 6.45) is 2.73. The van der Waals surface area contributed by atoms with Crippen molar-refractivity contribution in [1.82, 2.24) is 9.80 Å². The summed E-state index contributed by atoms with van der Waals surface area (Å²) < 4.78 is 58.9. The lowest BCUT2D eigenvalue weighted by Crippen LogP contribution is -2.48. The molecule has 1 saturated carbocycles. The van der Waals surface area contributed by atoms with E-state index in [0.29, 0.717) is 49.1 Å². The molecule has 1 heterocycles. The molecule has 268 valence electrons. The van der Waals surface area contributed by atoms with E-state index in [9.17, 15) is 31.9 Å². The number of carbonyl (C=O) groups excluding carboxylic acids is 1. The van der Waals surface area contributed by atoms with Gasteiger partial charge in [0, 0.05) is 36.5 Å². The molecule has 1 N–H and O–H groups in total. The van der Waals surface area contributed by atoms with E-state index >= 15 is 0 Å². The number of rotatable bonds is 10. The van der Waals surface area contributed by atoms with E-state index < -0.39 is 39.0 Å². The van der Waals surface area contributed by atoms with Gasteiger partial charge in [0.15, 0.2) is 9.84 Å². The molecule has 5 rings (SSSR count). The number of methoxy groups -OCH3 is 1. The molecule has 0 atom stereocenters. The van der Waals surface area contributed by atoms with E-state index in [1.807, 2.05) is 45.0 Å². The van der Waals surface area contributed by atoms with Gasteiger partial charge in [-0.3, -0.25) is 4.79 Å². The summed E-state index contributed by atoms with van der Waals surface area (Å²) in [6, 6.07) is 14.5. The minimum Gasteiger partial charge on any atom is -0.496 e. The number of sulfone groups is 1. The van der Waals surface area contributed by atoms with Gasteiger partial charge in [-0.1, -0.05) is 41.9 Å². The number of amides is 2. The monoisotopic (exact) mass is 746 g/mol. The van der Waals surface area contributed by atoms with Crippen molar-refractivity contribution in [3.63, 3.8) is 0 Å². The first-order chi connectivity index (χ1) is 23.5. The summed E-state index contributed by atoms with van der Waals surface area (Å²) >= 11 is 7.44. The lowest BCUT2D eigenvalue weighted by atomic mass is 9.84. The maximum absolute atomic E-state index is 14.8. The Morgan fingerprint density at radius 2 is 1.60 bits per heavy atom. The summed E-state index contributed by atoms with van der Waals surface area (Å²) in [5, 5.41) is 9.59. The molecule has 50 heavy (non-hydrogen) atoms. The van der Waals surface area contributed by atoms with Crippen LogP contribution < -0.4 is 4.74 Å². The molecular weight excluding hydrogens is 706 g/mol. The lowest BCUT2D eigenvalue weighted by molar-refractivity contribution is 0.0535. The van der Waals surface area contributed by atoms with E-state index in [4.69, 9.17) is 16.3 Å². The fraction of sp³-hybridized carbons (Fsp3) is 0.405. The lowest BCUT2D eigenvalue weighted by Gasteiger charge is -2.40. The topological polar surface area (TPSA) is 104 Å². The molecule has 0 aliphatic heterocycles. The van der Waals surface area contributed by atoms with Crippen LogP contribution in [0.4, 0.5) is 13.6 Å². The summed E-state index contributed by atoms with van der Waals surface area (Å²) in [4.78, 5) is 29.7. The van der Waals surface area contributed by atoms with Crippen LogP contribution in [0.3, 0.4) is 0 Å². The minimum absolute atomic E-state index is 0.0307. The van der Waals surface area contributed by atoms with Crippen LogP contribution in [-0.4, -0.2) is 66.8 Å². The van der Waals surface area contributed by atoms with Gasteiger partial charge in [-0.2, -0.15) is 0 Å². The van der Waals surface area contributed by atoms with Crippen molar-refractivity contribution in [3.05, 3.63) is 87.3 Å². The fourth-order valence-corrected chi connectivity index (χ4v) is 8.93. The highest BCUT2D eigenvalue weighted by molar-refractivity contribution is 7.89. The number of halogens is 3. The predicted octanol–water partition coefficient (Wildman–Crippen LogP) is 9.03. The normalized spacial score (nSPS) is 16.7. The van der Waals surface area contributed by atoms with Gasteiger partial charge in [-0.05, 0) is 93.3 Å². The molecule has 1 aliphatic carbocycles. The number of fused-ring (bicyclic) bond motifs is 1. The van der Waals surface area contributed by atoms with Crippen LogP contribution in [0.1, 0.15) is 67.3 Å². The molecule has 0 saturated heterocycles. The molecule has 2 amide bonds. The van der Waals surface area contributed by atoms with E-state index in [2.05, 4.69) is 0 Å². The van der Waals surface area contributed by atoms with Crippen LogP contribution in [0.2, 0.25) is 5.02 Å². The standard InChI is InChI=1S/C37H41ClF2N2O6S2/c1-37(2,3)42(36(44)45)19-22-8-13-27(14-9-22)41(35(43)34-32(38)31-28(39)15-16-29(40)33(31)49-34)20-26-18-25(12-17-30(26)48-4)24-10-6-23(7-11-24)21-50(5,46)47/h6-7,10-12,15-18,22,27H,8-9,13-14,19-21H2,1-5H3,(H,44,45). The molecule has 3 aromatic carbocycles. The number of carbonyl (C=O) groups is 2. The zero-order valence-corrected chi connectivity index (χ0v) is 31.0. The number of benzene rings is 3. The Labute approximate surface area is 300 Å². The van der Waals surface area contributed by atoms with Gasteiger partial charge in [0.05, 0.1) is 28.0 Å². The van der Waals surface area contributed by atoms with Crippen molar-refractivity contribution < 1.29 is 36.6 Å². The average molecular weight is 747 g/mol. The maximum atomic E-state index is 14.8. The molecule has 1 aromatic heterocycles. The van der Waals surface area contributed by atoms with E-state index in [1.54, 1.807) is 23.1 Å². The summed E-state index contributed by atoms with van der Waals surface area (Å²) in [6.45, 7) is 6.06. The van der Waals surface area contributed by atoms with Crippen LogP contribution in [0, 0.1) is 17.6 Å². The van der Waals surface area contributed by atoms with Crippen molar-refractivity contribution in [3.8, 4) is 16.9 Å². The number of thiophene rings is 1. The molecule has 0 bridgehead atoms. The summed E-state index contributed by atoms with van der Waals surface area (Å²) in [7, 11) is -1.66. The van der Waals surface area contributed by atoms with Crippen molar-refractivity contribution in [1.29, 1.82) is 0 Å². The Morgan fingerprint density at radius 1 is 0.980 bits per heavy atom. The second kappa shape index (κ2) is 14.9. The van der Waals surface area contributed by atoms with Crippen LogP contribution in [0.25, 0.3) is 21.2 Å². The van der Waals surface area contributed by atoms with Crippen LogP contribution in [0.5, 0.6) is 5.75 Å². The van der Waals surface area contributed by atoms with Gasteiger partial charge in [-0.25, -0.2) is 22.0 Å². The van der Waals surface area contributed by atoms with E-state index in [0.717, 1.165) is 34.6 Å². The zero-order valence-electron chi connectivity index (χ0n) is 28.6. The van der Waals surface area contributed by atoms with Gasteiger partial charge in [0.25, 0.3) is 5.91 Å².